The second-order valence-electron chi connectivity index (χ2n) is 3.79. The van der Waals surface area contributed by atoms with Crippen LogP contribution in [0.2, 0.25) is 0 Å². The van der Waals surface area contributed by atoms with Crippen LogP contribution in [0.25, 0.3) is 0 Å². The molecule has 0 spiro atoms. The first-order valence-electron chi connectivity index (χ1n) is 5.77. The van der Waals surface area contributed by atoms with Crippen molar-refractivity contribution in [1.29, 1.82) is 0 Å². The molecule has 0 aromatic carbocycles. The molecule has 0 bridgehead atoms. The third-order valence-corrected chi connectivity index (χ3v) is 3.23. The zero-order valence-electron chi connectivity index (χ0n) is 9.84. The predicted molar refractivity (Wildman–Crippen MR) is 68.9 cm³/mol. The molecule has 0 fully saturated rings. The third-order valence-electron chi connectivity index (χ3n) is 2.43. The molecular formula is C12H16N4S. The standard InChI is InChI=1S/C12H16N4S/c1-2-4-14-11(7-10-8-13-9-17-10)12-15-5-3-6-16-12/h3,5-6,8-9,11,14H,2,4,7H2,1H3. The minimum Gasteiger partial charge on any atom is -0.307 e. The van der Waals surface area contributed by atoms with E-state index in [1.54, 1.807) is 23.7 Å². The van der Waals surface area contributed by atoms with E-state index in [1.165, 1.54) is 4.88 Å². The summed E-state index contributed by atoms with van der Waals surface area (Å²) < 4.78 is 0. The van der Waals surface area contributed by atoms with Crippen molar-refractivity contribution in [3.05, 3.63) is 40.9 Å². The van der Waals surface area contributed by atoms with Crippen LogP contribution in [-0.4, -0.2) is 21.5 Å². The van der Waals surface area contributed by atoms with Crippen LogP contribution in [0.5, 0.6) is 0 Å². The van der Waals surface area contributed by atoms with E-state index in [-0.39, 0.29) is 6.04 Å². The molecule has 0 aliphatic rings. The number of nitrogens with zero attached hydrogens (tertiary/aromatic N) is 3. The lowest BCUT2D eigenvalue weighted by Crippen LogP contribution is -2.25. The quantitative estimate of drug-likeness (QED) is 0.851. The van der Waals surface area contributed by atoms with Crippen molar-refractivity contribution < 1.29 is 0 Å². The normalized spacial score (nSPS) is 12.5. The van der Waals surface area contributed by atoms with Gasteiger partial charge in [-0.05, 0) is 19.0 Å². The topological polar surface area (TPSA) is 50.7 Å². The second-order valence-corrected chi connectivity index (χ2v) is 4.76. The van der Waals surface area contributed by atoms with Crippen LogP contribution in [0.15, 0.2) is 30.2 Å². The summed E-state index contributed by atoms with van der Waals surface area (Å²) in [5.41, 5.74) is 1.86. The summed E-state index contributed by atoms with van der Waals surface area (Å²) >= 11 is 1.67. The Morgan fingerprint density at radius 3 is 2.82 bits per heavy atom. The Kier molecular flexibility index (Phi) is 4.58. The zero-order chi connectivity index (χ0) is 11.9. The molecule has 2 aromatic rings. The number of hydrogen-bond donors (Lipinski definition) is 1. The Bertz CT molecular complexity index is 415. The second kappa shape index (κ2) is 6.42. The molecule has 17 heavy (non-hydrogen) atoms. The van der Waals surface area contributed by atoms with E-state index in [9.17, 15) is 0 Å². The van der Waals surface area contributed by atoms with Crippen LogP contribution in [0.4, 0.5) is 0 Å². The fraction of sp³-hybridized carbons (Fsp3) is 0.417. The summed E-state index contributed by atoms with van der Waals surface area (Å²) in [5, 5.41) is 3.48. The van der Waals surface area contributed by atoms with Crippen molar-refractivity contribution in [2.24, 2.45) is 0 Å². The molecule has 1 N–H and O–H groups in total. The molecule has 2 heterocycles. The molecule has 2 rings (SSSR count). The third kappa shape index (κ3) is 3.57. The monoisotopic (exact) mass is 248 g/mol. The van der Waals surface area contributed by atoms with E-state index < -0.39 is 0 Å². The van der Waals surface area contributed by atoms with E-state index in [0.717, 1.165) is 25.2 Å². The molecule has 0 radical (unpaired) electrons. The Labute approximate surface area is 105 Å². The highest BCUT2D eigenvalue weighted by Gasteiger charge is 2.14. The van der Waals surface area contributed by atoms with E-state index in [4.69, 9.17) is 0 Å². The van der Waals surface area contributed by atoms with Crippen LogP contribution < -0.4 is 5.32 Å². The van der Waals surface area contributed by atoms with E-state index >= 15 is 0 Å². The lowest BCUT2D eigenvalue weighted by Gasteiger charge is -2.15. The van der Waals surface area contributed by atoms with Crippen molar-refractivity contribution in [2.45, 2.75) is 25.8 Å². The van der Waals surface area contributed by atoms with Gasteiger partial charge < -0.3 is 5.32 Å². The summed E-state index contributed by atoms with van der Waals surface area (Å²) in [6.07, 6.45) is 7.49. The van der Waals surface area contributed by atoms with Gasteiger partial charge in [-0.1, -0.05) is 6.92 Å². The lowest BCUT2D eigenvalue weighted by molar-refractivity contribution is 0.507. The van der Waals surface area contributed by atoms with Crippen molar-refractivity contribution in [1.82, 2.24) is 20.3 Å². The number of thiazole rings is 1. The first-order valence-corrected chi connectivity index (χ1v) is 6.65. The van der Waals surface area contributed by atoms with Gasteiger partial charge in [0, 0.05) is 29.9 Å². The van der Waals surface area contributed by atoms with E-state index in [0.29, 0.717) is 0 Å². The molecule has 0 amide bonds. The van der Waals surface area contributed by atoms with Gasteiger partial charge in [0.05, 0.1) is 11.6 Å². The summed E-state index contributed by atoms with van der Waals surface area (Å²) in [6.45, 7) is 3.13. The van der Waals surface area contributed by atoms with Crippen LogP contribution >= 0.6 is 11.3 Å². The summed E-state index contributed by atoms with van der Waals surface area (Å²) in [4.78, 5) is 14.0. The summed E-state index contributed by atoms with van der Waals surface area (Å²) in [5.74, 6) is 0.856. The molecule has 0 aliphatic carbocycles. The minimum atomic E-state index is 0.177. The number of hydrogen-bond acceptors (Lipinski definition) is 5. The van der Waals surface area contributed by atoms with Gasteiger partial charge in [0.2, 0.25) is 0 Å². The van der Waals surface area contributed by atoms with Crippen LogP contribution in [0.3, 0.4) is 0 Å². The molecule has 90 valence electrons. The fourth-order valence-electron chi connectivity index (χ4n) is 1.61. The van der Waals surface area contributed by atoms with Gasteiger partial charge in [0.1, 0.15) is 5.82 Å². The maximum atomic E-state index is 4.32. The van der Waals surface area contributed by atoms with Crippen LogP contribution in [0, 0.1) is 0 Å². The summed E-state index contributed by atoms with van der Waals surface area (Å²) in [7, 11) is 0. The average molecular weight is 248 g/mol. The SMILES string of the molecule is CCCNC(Cc1cncs1)c1ncccn1. The van der Waals surface area contributed by atoms with Gasteiger partial charge in [-0.25, -0.2) is 9.97 Å². The molecule has 4 nitrogen and oxygen atoms in total. The van der Waals surface area contributed by atoms with Crippen molar-refractivity contribution >= 4 is 11.3 Å². The molecular weight excluding hydrogens is 232 g/mol. The van der Waals surface area contributed by atoms with Crippen molar-refractivity contribution in [2.75, 3.05) is 6.54 Å². The van der Waals surface area contributed by atoms with Crippen LogP contribution in [-0.2, 0) is 6.42 Å². The van der Waals surface area contributed by atoms with Crippen molar-refractivity contribution in [3.8, 4) is 0 Å². The van der Waals surface area contributed by atoms with Gasteiger partial charge >= 0.3 is 0 Å². The molecule has 5 heteroatoms. The molecule has 1 unspecified atom stereocenters. The predicted octanol–water partition coefficient (Wildman–Crippen LogP) is 2.22. The van der Waals surface area contributed by atoms with Crippen LogP contribution in [0.1, 0.15) is 30.1 Å². The largest absolute Gasteiger partial charge is 0.307 e. The highest BCUT2D eigenvalue weighted by atomic mass is 32.1. The van der Waals surface area contributed by atoms with Gasteiger partial charge in [0.25, 0.3) is 0 Å². The first-order chi connectivity index (χ1) is 8.40. The smallest absolute Gasteiger partial charge is 0.145 e. The Balaban J connectivity index is 2.08. The van der Waals surface area contributed by atoms with Gasteiger partial charge in [-0.15, -0.1) is 11.3 Å². The van der Waals surface area contributed by atoms with Crippen molar-refractivity contribution in [3.63, 3.8) is 0 Å². The number of rotatable bonds is 6. The highest BCUT2D eigenvalue weighted by Crippen LogP contribution is 2.17. The Morgan fingerprint density at radius 1 is 1.35 bits per heavy atom. The average Bonchev–Trinajstić information content (AvgIpc) is 2.88. The molecule has 1 atom stereocenters. The fourth-order valence-corrected chi connectivity index (χ4v) is 2.25. The van der Waals surface area contributed by atoms with Gasteiger partial charge in [-0.2, -0.15) is 0 Å². The van der Waals surface area contributed by atoms with Gasteiger partial charge in [0.15, 0.2) is 0 Å². The van der Waals surface area contributed by atoms with E-state index in [1.807, 2.05) is 17.8 Å². The molecule has 0 aliphatic heterocycles. The summed E-state index contributed by atoms with van der Waals surface area (Å²) in [6, 6.07) is 2.02. The van der Waals surface area contributed by atoms with Gasteiger partial charge in [-0.3, -0.25) is 4.98 Å². The zero-order valence-corrected chi connectivity index (χ0v) is 10.7. The Morgan fingerprint density at radius 2 is 2.18 bits per heavy atom. The lowest BCUT2D eigenvalue weighted by atomic mass is 10.1. The molecule has 0 saturated heterocycles. The maximum Gasteiger partial charge on any atom is 0.145 e. The molecule has 0 saturated carbocycles. The minimum absolute atomic E-state index is 0.177. The Hall–Kier alpha value is -1.33. The van der Waals surface area contributed by atoms with E-state index in [2.05, 4.69) is 27.2 Å². The number of nitrogens with one attached hydrogen (secondary N) is 1. The number of aromatic nitrogens is 3. The highest BCUT2D eigenvalue weighted by molar-refractivity contribution is 7.09. The first kappa shape index (κ1) is 12.1. The maximum absolute atomic E-state index is 4.32. The molecule has 2 aromatic heterocycles.